The lowest BCUT2D eigenvalue weighted by Crippen LogP contribution is -2.13. The molecule has 0 atom stereocenters. The first kappa shape index (κ1) is 16.0. The smallest absolute Gasteiger partial charge is 0.223 e. The Kier molecular flexibility index (Phi) is 5.76. The van der Waals surface area contributed by atoms with Crippen molar-refractivity contribution in [3.63, 3.8) is 0 Å². The first-order valence-electron chi connectivity index (χ1n) is 7.23. The highest BCUT2D eigenvalue weighted by atomic mass is 79.9. The second-order valence-corrected chi connectivity index (χ2v) is 6.14. The Bertz CT molecular complexity index is 599. The molecule has 3 nitrogen and oxygen atoms in total. The topological polar surface area (TPSA) is 34.2 Å². The summed E-state index contributed by atoms with van der Waals surface area (Å²) in [4.78, 5) is 4.39. The molecule has 1 aromatic heterocycles. The van der Waals surface area contributed by atoms with Crippen molar-refractivity contribution < 1.29 is 4.74 Å². The van der Waals surface area contributed by atoms with E-state index in [2.05, 4.69) is 59.1 Å². The third-order valence-electron chi connectivity index (χ3n) is 3.20. The molecule has 0 bridgehead atoms. The normalized spacial score (nSPS) is 10.9. The van der Waals surface area contributed by atoms with E-state index in [-0.39, 0.29) is 0 Å². The fourth-order valence-electron chi connectivity index (χ4n) is 2.00. The molecule has 1 aromatic carbocycles. The first-order valence-corrected chi connectivity index (χ1v) is 8.02. The molecule has 0 radical (unpaired) electrons. The third kappa shape index (κ3) is 4.55. The van der Waals surface area contributed by atoms with Gasteiger partial charge in [-0.05, 0) is 52.2 Å². The van der Waals surface area contributed by atoms with Crippen molar-refractivity contribution >= 4 is 15.9 Å². The molecule has 2 aromatic rings. The van der Waals surface area contributed by atoms with Crippen molar-refractivity contribution in [2.45, 2.75) is 33.2 Å². The number of nitrogens with one attached hydrogen (secondary N) is 1. The molecule has 0 saturated heterocycles. The van der Waals surface area contributed by atoms with Crippen molar-refractivity contribution in [3.05, 3.63) is 52.1 Å². The summed E-state index contributed by atoms with van der Waals surface area (Å²) in [7, 11) is 0. The zero-order valence-electron chi connectivity index (χ0n) is 12.7. The third-order valence-corrected chi connectivity index (χ3v) is 3.63. The highest BCUT2D eigenvalue weighted by Crippen LogP contribution is 2.27. The molecule has 0 aliphatic rings. The van der Waals surface area contributed by atoms with Crippen LogP contribution in [0.5, 0.6) is 11.6 Å². The molecule has 0 aliphatic heterocycles. The number of pyridine rings is 1. The maximum absolute atomic E-state index is 5.98. The van der Waals surface area contributed by atoms with E-state index in [4.69, 9.17) is 4.74 Å². The van der Waals surface area contributed by atoms with Gasteiger partial charge in [-0.25, -0.2) is 4.98 Å². The lowest BCUT2D eigenvalue weighted by molar-refractivity contribution is 0.452. The van der Waals surface area contributed by atoms with Gasteiger partial charge in [0.25, 0.3) is 0 Å². The summed E-state index contributed by atoms with van der Waals surface area (Å²) in [5, 5.41) is 3.31. The van der Waals surface area contributed by atoms with E-state index in [1.54, 1.807) is 6.20 Å². The van der Waals surface area contributed by atoms with Crippen molar-refractivity contribution in [1.82, 2.24) is 10.3 Å². The van der Waals surface area contributed by atoms with Crippen LogP contribution < -0.4 is 10.1 Å². The number of rotatable bonds is 6. The number of hydrogen-bond acceptors (Lipinski definition) is 3. The van der Waals surface area contributed by atoms with E-state index in [0.29, 0.717) is 11.8 Å². The summed E-state index contributed by atoms with van der Waals surface area (Å²) in [6.45, 7) is 8.08. The Labute approximate surface area is 134 Å². The lowest BCUT2D eigenvalue weighted by atomic mass is 10.0. The Morgan fingerprint density at radius 2 is 2.10 bits per heavy atom. The number of hydrogen-bond donors (Lipinski definition) is 1. The van der Waals surface area contributed by atoms with Gasteiger partial charge in [-0.3, -0.25) is 0 Å². The molecule has 0 amide bonds. The van der Waals surface area contributed by atoms with Gasteiger partial charge in [0.2, 0.25) is 5.88 Å². The minimum Gasteiger partial charge on any atom is -0.439 e. The largest absolute Gasteiger partial charge is 0.439 e. The van der Waals surface area contributed by atoms with Crippen molar-refractivity contribution in [2.24, 2.45) is 0 Å². The van der Waals surface area contributed by atoms with Gasteiger partial charge in [0.1, 0.15) is 5.75 Å². The maximum Gasteiger partial charge on any atom is 0.223 e. The molecule has 2 rings (SSSR count). The number of nitrogens with zero attached hydrogens (tertiary/aromatic N) is 1. The zero-order valence-corrected chi connectivity index (χ0v) is 14.3. The second kappa shape index (κ2) is 7.57. The first-order chi connectivity index (χ1) is 10.1. The van der Waals surface area contributed by atoms with Gasteiger partial charge in [0, 0.05) is 22.8 Å². The predicted octanol–water partition coefficient (Wildman–Crippen LogP) is 4.87. The highest BCUT2D eigenvalue weighted by molar-refractivity contribution is 9.10. The Morgan fingerprint density at radius 3 is 2.81 bits per heavy atom. The summed E-state index contributed by atoms with van der Waals surface area (Å²) >= 11 is 3.46. The molecule has 0 aliphatic carbocycles. The molecule has 1 N–H and O–H groups in total. The van der Waals surface area contributed by atoms with Crippen LogP contribution >= 0.6 is 15.9 Å². The van der Waals surface area contributed by atoms with Crippen LogP contribution in [0, 0.1) is 0 Å². The van der Waals surface area contributed by atoms with Crippen molar-refractivity contribution in [3.8, 4) is 11.6 Å². The average Bonchev–Trinajstić information content (AvgIpc) is 2.47. The fraction of sp³-hybridized carbons (Fsp3) is 0.353. The van der Waals surface area contributed by atoms with Gasteiger partial charge in [0.15, 0.2) is 0 Å². The SMILES string of the molecule is CCNCc1cc(Br)cnc1Oc1cccc(C(C)C)c1. The predicted molar refractivity (Wildman–Crippen MR) is 89.9 cm³/mol. The van der Waals surface area contributed by atoms with Crippen LogP contribution in [-0.4, -0.2) is 11.5 Å². The van der Waals surface area contributed by atoms with E-state index >= 15 is 0 Å². The Morgan fingerprint density at radius 1 is 1.29 bits per heavy atom. The van der Waals surface area contributed by atoms with Crippen LogP contribution in [0.3, 0.4) is 0 Å². The number of halogens is 1. The summed E-state index contributed by atoms with van der Waals surface area (Å²) in [6.07, 6.45) is 1.76. The van der Waals surface area contributed by atoms with Gasteiger partial charge in [-0.2, -0.15) is 0 Å². The van der Waals surface area contributed by atoms with Crippen LogP contribution in [0.25, 0.3) is 0 Å². The van der Waals surface area contributed by atoms with Crippen LogP contribution in [0.1, 0.15) is 37.8 Å². The van der Waals surface area contributed by atoms with Crippen LogP contribution in [0.4, 0.5) is 0 Å². The lowest BCUT2D eigenvalue weighted by Gasteiger charge is -2.12. The molecule has 0 unspecified atom stereocenters. The standard InChI is InChI=1S/C17H21BrN2O/c1-4-19-10-14-8-15(18)11-20-17(14)21-16-7-5-6-13(9-16)12(2)3/h5-9,11-12,19H,4,10H2,1-3H3. The van der Waals surface area contributed by atoms with Gasteiger partial charge in [-0.15, -0.1) is 0 Å². The minimum atomic E-state index is 0.479. The van der Waals surface area contributed by atoms with E-state index in [1.165, 1.54) is 5.56 Å². The quantitative estimate of drug-likeness (QED) is 0.808. The van der Waals surface area contributed by atoms with E-state index in [9.17, 15) is 0 Å². The van der Waals surface area contributed by atoms with E-state index in [1.807, 2.05) is 18.2 Å². The minimum absolute atomic E-state index is 0.479. The zero-order chi connectivity index (χ0) is 15.2. The Hall–Kier alpha value is -1.39. The van der Waals surface area contributed by atoms with E-state index in [0.717, 1.165) is 28.9 Å². The van der Waals surface area contributed by atoms with Gasteiger partial charge < -0.3 is 10.1 Å². The molecule has 0 spiro atoms. The molecular weight excluding hydrogens is 328 g/mol. The molecule has 0 fully saturated rings. The van der Waals surface area contributed by atoms with Gasteiger partial charge in [0.05, 0.1) is 0 Å². The molecular formula is C17H21BrN2O. The highest BCUT2D eigenvalue weighted by Gasteiger charge is 2.08. The van der Waals surface area contributed by atoms with Gasteiger partial charge >= 0.3 is 0 Å². The molecule has 21 heavy (non-hydrogen) atoms. The number of ether oxygens (including phenoxy) is 1. The van der Waals surface area contributed by atoms with Gasteiger partial charge in [-0.1, -0.05) is 32.9 Å². The molecule has 1 heterocycles. The van der Waals surface area contributed by atoms with Crippen LogP contribution in [-0.2, 0) is 6.54 Å². The average molecular weight is 349 g/mol. The molecule has 112 valence electrons. The van der Waals surface area contributed by atoms with Crippen LogP contribution in [0.2, 0.25) is 0 Å². The maximum atomic E-state index is 5.98. The number of aromatic nitrogens is 1. The van der Waals surface area contributed by atoms with E-state index < -0.39 is 0 Å². The summed E-state index contributed by atoms with van der Waals surface area (Å²) in [5.41, 5.74) is 2.30. The van der Waals surface area contributed by atoms with Crippen LogP contribution in [0.15, 0.2) is 41.0 Å². The molecule has 0 saturated carbocycles. The number of benzene rings is 1. The van der Waals surface area contributed by atoms with Crippen molar-refractivity contribution in [2.75, 3.05) is 6.54 Å². The monoisotopic (exact) mass is 348 g/mol. The second-order valence-electron chi connectivity index (χ2n) is 5.23. The summed E-state index contributed by atoms with van der Waals surface area (Å²) < 4.78 is 6.94. The van der Waals surface area contributed by atoms with Crippen molar-refractivity contribution in [1.29, 1.82) is 0 Å². The molecule has 4 heteroatoms. The Balaban J connectivity index is 2.24. The summed E-state index contributed by atoms with van der Waals surface area (Å²) in [6, 6.07) is 10.2. The fourth-order valence-corrected chi connectivity index (χ4v) is 2.37. The summed E-state index contributed by atoms with van der Waals surface area (Å²) in [5.74, 6) is 1.96.